The topological polar surface area (TPSA) is 80.7 Å². The maximum absolute atomic E-state index is 13.6. The molecule has 2 aliphatic rings. The number of carbonyl (C=O) groups excluding carboxylic acids is 2. The van der Waals surface area contributed by atoms with Crippen LogP contribution < -0.4 is 24.0 Å². The molecule has 0 aromatic heterocycles. The van der Waals surface area contributed by atoms with Crippen molar-refractivity contribution in [3.8, 4) is 17.2 Å². The molecular weight excluding hydrogens is 514 g/mol. The second-order valence-electron chi connectivity index (χ2n) is 8.89. The predicted molar refractivity (Wildman–Crippen MR) is 155 cm³/mol. The van der Waals surface area contributed by atoms with Crippen molar-refractivity contribution >= 4 is 46.2 Å². The van der Waals surface area contributed by atoms with Crippen LogP contribution in [0.1, 0.15) is 17.5 Å². The second kappa shape index (κ2) is 11.7. The average Bonchev–Trinajstić information content (AvgIpc) is 3.29. The molecule has 2 aliphatic heterocycles. The number of methoxy groups -OCH3 is 3. The molecule has 0 N–H and O–H groups in total. The van der Waals surface area contributed by atoms with Gasteiger partial charge in [0.2, 0.25) is 11.7 Å². The van der Waals surface area contributed by atoms with Crippen LogP contribution in [0.5, 0.6) is 17.2 Å². The van der Waals surface area contributed by atoms with Crippen LogP contribution in [0.2, 0.25) is 0 Å². The largest absolute Gasteiger partial charge is 0.493 e. The maximum atomic E-state index is 13.6. The van der Waals surface area contributed by atoms with Crippen molar-refractivity contribution in [1.29, 1.82) is 0 Å². The van der Waals surface area contributed by atoms with E-state index in [1.807, 2.05) is 53.4 Å². The normalized spacial score (nSPS) is 15.7. The van der Waals surface area contributed by atoms with Gasteiger partial charge in [0.25, 0.3) is 5.91 Å². The number of anilines is 2. The van der Waals surface area contributed by atoms with Gasteiger partial charge in [-0.2, -0.15) is 0 Å². The highest BCUT2D eigenvalue weighted by Gasteiger charge is 2.33. The van der Waals surface area contributed by atoms with Crippen molar-refractivity contribution in [2.45, 2.75) is 12.8 Å². The molecule has 9 heteroatoms. The molecule has 39 heavy (non-hydrogen) atoms. The van der Waals surface area contributed by atoms with E-state index in [0.29, 0.717) is 40.2 Å². The van der Waals surface area contributed by atoms with Crippen molar-refractivity contribution < 1.29 is 23.8 Å². The van der Waals surface area contributed by atoms with E-state index in [1.165, 1.54) is 31.5 Å². The molecule has 0 radical (unpaired) electrons. The number of benzene rings is 3. The van der Waals surface area contributed by atoms with E-state index < -0.39 is 0 Å². The van der Waals surface area contributed by atoms with Crippen molar-refractivity contribution in [3.05, 3.63) is 83.6 Å². The van der Waals surface area contributed by atoms with Gasteiger partial charge in [0, 0.05) is 17.8 Å². The molecule has 2 amide bonds. The number of rotatable bonds is 7. The number of aliphatic imine (C=N–C) groups is 1. The third-order valence-electron chi connectivity index (χ3n) is 6.61. The minimum absolute atomic E-state index is 0.0192. The summed E-state index contributed by atoms with van der Waals surface area (Å²) in [7, 11) is 4.60. The maximum Gasteiger partial charge on any atom is 0.283 e. The van der Waals surface area contributed by atoms with Crippen molar-refractivity contribution in [2.75, 3.05) is 43.4 Å². The summed E-state index contributed by atoms with van der Waals surface area (Å²) in [5.74, 6) is 1.20. The quantitative estimate of drug-likeness (QED) is 0.383. The van der Waals surface area contributed by atoms with Gasteiger partial charge in [-0.1, -0.05) is 48.2 Å². The van der Waals surface area contributed by atoms with Gasteiger partial charge < -0.3 is 19.1 Å². The Labute approximate surface area is 231 Å². The molecule has 0 saturated heterocycles. The third-order valence-corrected chi connectivity index (χ3v) is 7.53. The molecule has 5 rings (SSSR count). The van der Waals surface area contributed by atoms with Gasteiger partial charge in [-0.25, -0.2) is 4.99 Å². The summed E-state index contributed by atoms with van der Waals surface area (Å²) in [5.41, 5.74) is 3.65. The second-order valence-corrected chi connectivity index (χ2v) is 9.83. The lowest BCUT2D eigenvalue weighted by Crippen LogP contribution is -2.37. The highest BCUT2D eigenvalue weighted by atomic mass is 32.2. The minimum atomic E-state index is -0.295. The van der Waals surface area contributed by atoms with Gasteiger partial charge >= 0.3 is 0 Å². The summed E-state index contributed by atoms with van der Waals surface area (Å²) in [6.45, 7) is 0.675. The minimum Gasteiger partial charge on any atom is -0.493 e. The molecule has 3 aromatic rings. The number of thioether (sulfide) groups is 1. The van der Waals surface area contributed by atoms with Crippen LogP contribution in [0.25, 0.3) is 6.08 Å². The number of aryl methyl sites for hydroxylation is 1. The summed E-state index contributed by atoms with van der Waals surface area (Å²) < 4.78 is 16.5. The Balaban J connectivity index is 1.46. The third kappa shape index (κ3) is 5.22. The first-order chi connectivity index (χ1) is 19.0. The summed E-state index contributed by atoms with van der Waals surface area (Å²) in [6.07, 6.45) is 3.54. The van der Waals surface area contributed by atoms with Crippen LogP contribution >= 0.6 is 11.8 Å². The molecular formula is C30H29N3O5S. The first-order valence-electron chi connectivity index (χ1n) is 12.6. The zero-order valence-electron chi connectivity index (χ0n) is 22.0. The fraction of sp³-hybridized carbons (Fsp3) is 0.233. The van der Waals surface area contributed by atoms with Crippen LogP contribution in [0.15, 0.2) is 77.4 Å². The van der Waals surface area contributed by atoms with Crippen LogP contribution in [0.4, 0.5) is 11.4 Å². The highest BCUT2D eigenvalue weighted by molar-refractivity contribution is 8.14. The fourth-order valence-corrected chi connectivity index (χ4v) is 5.67. The van der Waals surface area contributed by atoms with Crippen molar-refractivity contribution in [1.82, 2.24) is 0 Å². The van der Waals surface area contributed by atoms with E-state index in [-0.39, 0.29) is 23.3 Å². The number of fused-ring (bicyclic) bond motifs is 1. The van der Waals surface area contributed by atoms with Gasteiger partial charge in [-0.15, -0.1) is 0 Å². The summed E-state index contributed by atoms with van der Waals surface area (Å²) in [6, 6.07) is 20.8. The molecule has 0 spiro atoms. The first kappa shape index (κ1) is 26.4. The van der Waals surface area contributed by atoms with E-state index in [4.69, 9.17) is 14.2 Å². The summed E-state index contributed by atoms with van der Waals surface area (Å²) in [5, 5.41) is 0.440. The van der Waals surface area contributed by atoms with Crippen LogP contribution in [-0.2, 0) is 16.0 Å². The molecule has 0 bridgehead atoms. The van der Waals surface area contributed by atoms with Gasteiger partial charge in [0.05, 0.1) is 32.8 Å². The number of para-hydroxylation sites is 2. The summed E-state index contributed by atoms with van der Waals surface area (Å²) >= 11 is 1.25. The van der Waals surface area contributed by atoms with Crippen LogP contribution in [0.3, 0.4) is 0 Å². The van der Waals surface area contributed by atoms with E-state index >= 15 is 0 Å². The number of amides is 2. The summed E-state index contributed by atoms with van der Waals surface area (Å²) in [4.78, 5) is 35.0. The number of carbonyl (C=O) groups is 2. The SMILES string of the molecule is COc1ccc(/C=C2\N=C(SCC(=O)N3CCCc4ccccc43)N(c3ccccc3)C2=O)c(OC)c1OC. The lowest BCUT2D eigenvalue weighted by Gasteiger charge is -2.29. The Morgan fingerprint density at radius 1 is 0.949 bits per heavy atom. The predicted octanol–water partition coefficient (Wildman–Crippen LogP) is 5.17. The Bertz CT molecular complexity index is 1450. The molecule has 2 heterocycles. The number of ether oxygens (including phenoxy) is 3. The molecule has 0 unspecified atom stereocenters. The molecule has 8 nitrogen and oxygen atoms in total. The molecule has 0 atom stereocenters. The number of hydrogen-bond acceptors (Lipinski definition) is 7. The molecule has 0 fully saturated rings. The number of hydrogen-bond donors (Lipinski definition) is 0. The monoisotopic (exact) mass is 543 g/mol. The Morgan fingerprint density at radius 3 is 2.44 bits per heavy atom. The zero-order valence-corrected chi connectivity index (χ0v) is 22.9. The van der Waals surface area contributed by atoms with Gasteiger partial charge in [-0.3, -0.25) is 14.5 Å². The van der Waals surface area contributed by atoms with Crippen LogP contribution in [0, 0.1) is 0 Å². The average molecular weight is 544 g/mol. The lowest BCUT2D eigenvalue weighted by atomic mass is 10.0. The van der Waals surface area contributed by atoms with Gasteiger partial charge in [0.15, 0.2) is 16.7 Å². The molecule has 0 saturated carbocycles. The van der Waals surface area contributed by atoms with E-state index in [2.05, 4.69) is 11.1 Å². The standard InChI is InChI=1S/C30H29N3O5S/c1-36-25-16-15-21(27(37-2)28(25)38-3)18-23-29(35)33(22-12-5-4-6-13-22)30(31-23)39-19-26(34)32-17-9-11-20-10-7-8-14-24(20)32/h4-8,10,12-16,18H,9,11,17,19H2,1-3H3/b23-18-. The van der Waals surface area contributed by atoms with Gasteiger partial charge in [-0.05, 0) is 54.8 Å². The van der Waals surface area contributed by atoms with Gasteiger partial charge in [0.1, 0.15) is 5.70 Å². The van der Waals surface area contributed by atoms with E-state index in [0.717, 1.165) is 18.5 Å². The highest BCUT2D eigenvalue weighted by Crippen LogP contribution is 2.41. The Morgan fingerprint density at radius 2 is 1.69 bits per heavy atom. The first-order valence-corrected chi connectivity index (χ1v) is 13.5. The van der Waals surface area contributed by atoms with E-state index in [1.54, 1.807) is 30.2 Å². The number of nitrogens with zero attached hydrogens (tertiary/aromatic N) is 3. The number of amidine groups is 1. The lowest BCUT2D eigenvalue weighted by molar-refractivity contribution is -0.116. The molecule has 3 aromatic carbocycles. The molecule has 0 aliphatic carbocycles. The molecule has 200 valence electrons. The Kier molecular flexibility index (Phi) is 7.88. The van der Waals surface area contributed by atoms with Crippen molar-refractivity contribution in [3.63, 3.8) is 0 Å². The smallest absolute Gasteiger partial charge is 0.283 e. The van der Waals surface area contributed by atoms with Crippen molar-refractivity contribution in [2.24, 2.45) is 4.99 Å². The zero-order chi connectivity index (χ0) is 27.4. The Hall–Kier alpha value is -4.24. The van der Waals surface area contributed by atoms with Crippen LogP contribution in [-0.4, -0.2) is 50.6 Å². The fourth-order valence-electron chi connectivity index (χ4n) is 4.78. The van der Waals surface area contributed by atoms with E-state index in [9.17, 15) is 9.59 Å².